The van der Waals surface area contributed by atoms with Crippen LogP contribution >= 0.6 is 0 Å². The van der Waals surface area contributed by atoms with Crippen LogP contribution in [0.3, 0.4) is 0 Å². The van der Waals surface area contributed by atoms with Gasteiger partial charge >= 0.3 is 0 Å². The fraction of sp³-hybridized carbons (Fsp3) is 0.478. The van der Waals surface area contributed by atoms with Crippen molar-refractivity contribution in [3.8, 4) is 0 Å². The smallest absolute Gasteiger partial charge is 0.231 e. The first-order valence-electron chi connectivity index (χ1n) is 10.6. The van der Waals surface area contributed by atoms with Gasteiger partial charge in [-0.2, -0.15) is 0 Å². The van der Waals surface area contributed by atoms with E-state index in [0.29, 0.717) is 6.42 Å². The van der Waals surface area contributed by atoms with E-state index < -0.39 is 6.30 Å². The largest absolute Gasteiger partial charge is 0.354 e. The molecule has 2 aliphatic rings. The average molecular weight is 397 g/mol. The second-order valence-electron chi connectivity index (χ2n) is 7.91. The quantitative estimate of drug-likeness (QED) is 0.720. The van der Waals surface area contributed by atoms with E-state index in [1.54, 1.807) is 6.20 Å². The van der Waals surface area contributed by atoms with Gasteiger partial charge in [-0.15, -0.1) is 0 Å². The van der Waals surface area contributed by atoms with Crippen molar-refractivity contribution in [2.75, 3.05) is 36.4 Å². The Bertz CT molecular complexity index is 836. The third-order valence-electron chi connectivity index (χ3n) is 6.07. The molecule has 2 atom stereocenters. The Morgan fingerprint density at radius 2 is 2.03 bits per heavy atom. The van der Waals surface area contributed by atoms with Crippen LogP contribution in [-0.4, -0.2) is 48.3 Å². The van der Waals surface area contributed by atoms with E-state index in [9.17, 15) is 9.18 Å². The van der Waals surface area contributed by atoms with Crippen molar-refractivity contribution in [2.24, 2.45) is 0 Å². The lowest BCUT2D eigenvalue weighted by molar-refractivity contribution is -0.117. The van der Waals surface area contributed by atoms with Gasteiger partial charge in [0.2, 0.25) is 5.91 Å². The normalized spacial score (nSPS) is 20.4. The SMILES string of the molecule is CCC1C(=O)Nc2cc(CCCC(F)N3CCN(c4ccccn4)CC3)ccc21. The predicted octanol–water partition coefficient (Wildman–Crippen LogP) is 3.97. The Morgan fingerprint density at radius 1 is 1.21 bits per heavy atom. The van der Waals surface area contributed by atoms with Gasteiger partial charge in [-0.3, -0.25) is 9.69 Å². The standard InChI is InChI=1S/C23H29FN4O/c1-2-18-19-10-9-17(16-20(19)26-23(18)29)6-5-7-21(24)27-12-14-28(15-13-27)22-8-3-4-11-25-22/h3-4,8-11,16,18,21H,2,5-7,12-15H2,1H3,(H,26,29). The molecule has 0 aliphatic carbocycles. The number of carbonyl (C=O) groups excluding carboxylic acids is 1. The van der Waals surface area contributed by atoms with Crippen LogP contribution in [0, 0.1) is 0 Å². The van der Waals surface area contributed by atoms with Gasteiger partial charge < -0.3 is 10.2 Å². The number of nitrogens with zero attached hydrogens (tertiary/aromatic N) is 3. The minimum Gasteiger partial charge on any atom is -0.354 e. The first-order chi connectivity index (χ1) is 14.2. The molecule has 5 nitrogen and oxygen atoms in total. The Labute approximate surface area is 171 Å². The first-order valence-corrected chi connectivity index (χ1v) is 10.6. The Hall–Kier alpha value is -2.47. The molecule has 1 N–H and O–H groups in total. The highest BCUT2D eigenvalue weighted by atomic mass is 19.1. The summed E-state index contributed by atoms with van der Waals surface area (Å²) in [5.41, 5.74) is 3.19. The monoisotopic (exact) mass is 396 g/mol. The molecule has 1 aromatic carbocycles. The molecular weight excluding hydrogens is 367 g/mol. The molecule has 1 amide bonds. The third-order valence-corrected chi connectivity index (χ3v) is 6.07. The van der Waals surface area contributed by atoms with Crippen molar-refractivity contribution in [1.82, 2.24) is 9.88 Å². The van der Waals surface area contributed by atoms with E-state index >= 15 is 0 Å². The number of amides is 1. The molecule has 4 rings (SSSR count). The number of benzene rings is 1. The summed E-state index contributed by atoms with van der Waals surface area (Å²) in [6.07, 6.45) is 3.87. The summed E-state index contributed by atoms with van der Waals surface area (Å²) in [7, 11) is 0. The molecule has 6 heteroatoms. The summed E-state index contributed by atoms with van der Waals surface area (Å²) in [4.78, 5) is 20.5. The van der Waals surface area contributed by atoms with E-state index in [1.165, 1.54) is 0 Å². The highest BCUT2D eigenvalue weighted by Crippen LogP contribution is 2.35. The molecule has 1 saturated heterocycles. The van der Waals surface area contributed by atoms with Gasteiger partial charge in [-0.25, -0.2) is 9.37 Å². The van der Waals surface area contributed by atoms with Crippen LogP contribution in [0.5, 0.6) is 0 Å². The maximum Gasteiger partial charge on any atom is 0.231 e. The minimum atomic E-state index is -0.903. The van der Waals surface area contributed by atoms with Crippen molar-refractivity contribution >= 4 is 17.4 Å². The number of hydrogen-bond acceptors (Lipinski definition) is 4. The highest BCUT2D eigenvalue weighted by molar-refractivity contribution is 6.02. The number of aromatic nitrogens is 1. The van der Waals surface area contributed by atoms with Crippen LogP contribution in [0.4, 0.5) is 15.9 Å². The Balaban J connectivity index is 1.23. The molecule has 154 valence electrons. The van der Waals surface area contributed by atoms with Crippen molar-refractivity contribution in [3.05, 3.63) is 53.7 Å². The summed E-state index contributed by atoms with van der Waals surface area (Å²) in [5.74, 6) is 1.03. The molecule has 0 spiro atoms. The van der Waals surface area contributed by atoms with Crippen LogP contribution in [0.2, 0.25) is 0 Å². The van der Waals surface area contributed by atoms with E-state index in [-0.39, 0.29) is 11.8 Å². The maximum absolute atomic E-state index is 14.7. The minimum absolute atomic E-state index is 0.0287. The van der Waals surface area contributed by atoms with E-state index in [2.05, 4.69) is 33.4 Å². The summed E-state index contributed by atoms with van der Waals surface area (Å²) in [6.45, 7) is 5.09. The Morgan fingerprint density at radius 3 is 2.76 bits per heavy atom. The number of alkyl halides is 1. The summed E-state index contributed by atoms with van der Waals surface area (Å²) < 4.78 is 14.7. The van der Waals surface area contributed by atoms with Gasteiger partial charge in [-0.05, 0) is 55.0 Å². The van der Waals surface area contributed by atoms with E-state index in [1.807, 2.05) is 30.0 Å². The summed E-state index contributed by atoms with van der Waals surface area (Å²) in [5, 5.41) is 2.98. The average Bonchev–Trinajstić information content (AvgIpc) is 3.08. The number of piperazine rings is 1. The number of pyridine rings is 1. The lowest BCUT2D eigenvalue weighted by Crippen LogP contribution is -2.49. The molecular formula is C23H29FN4O. The van der Waals surface area contributed by atoms with Crippen LogP contribution in [0.15, 0.2) is 42.6 Å². The number of fused-ring (bicyclic) bond motifs is 1. The molecule has 0 bridgehead atoms. The van der Waals surface area contributed by atoms with Crippen LogP contribution in [0.25, 0.3) is 0 Å². The third kappa shape index (κ3) is 4.42. The number of nitrogens with one attached hydrogen (secondary N) is 1. The van der Waals surface area contributed by atoms with Crippen LogP contribution < -0.4 is 10.2 Å². The molecule has 2 aliphatic heterocycles. The molecule has 29 heavy (non-hydrogen) atoms. The fourth-order valence-corrected chi connectivity index (χ4v) is 4.37. The number of carbonyl (C=O) groups is 1. The molecule has 2 aromatic rings. The van der Waals surface area contributed by atoms with Gasteiger partial charge in [-0.1, -0.05) is 25.1 Å². The second-order valence-corrected chi connectivity index (χ2v) is 7.91. The van der Waals surface area contributed by atoms with Crippen molar-refractivity contribution in [3.63, 3.8) is 0 Å². The lowest BCUT2D eigenvalue weighted by atomic mass is 9.96. The van der Waals surface area contributed by atoms with E-state index in [4.69, 9.17) is 0 Å². The van der Waals surface area contributed by atoms with Gasteiger partial charge in [0.15, 0.2) is 6.30 Å². The van der Waals surface area contributed by atoms with Crippen molar-refractivity contribution < 1.29 is 9.18 Å². The number of rotatable bonds is 7. The maximum atomic E-state index is 14.7. The first kappa shape index (κ1) is 19.8. The Kier molecular flexibility index (Phi) is 6.09. The van der Waals surface area contributed by atoms with Gasteiger partial charge in [0.1, 0.15) is 5.82 Å². The topological polar surface area (TPSA) is 48.5 Å². The zero-order valence-electron chi connectivity index (χ0n) is 17.0. The lowest BCUT2D eigenvalue weighted by Gasteiger charge is -2.37. The number of halogens is 1. The fourth-order valence-electron chi connectivity index (χ4n) is 4.37. The molecule has 1 fully saturated rings. The summed E-state index contributed by atoms with van der Waals surface area (Å²) in [6, 6.07) is 12.1. The van der Waals surface area contributed by atoms with Gasteiger partial charge in [0, 0.05) is 38.1 Å². The van der Waals surface area contributed by atoms with Gasteiger partial charge in [0.25, 0.3) is 0 Å². The predicted molar refractivity (Wildman–Crippen MR) is 114 cm³/mol. The molecule has 1 aromatic heterocycles. The highest BCUT2D eigenvalue weighted by Gasteiger charge is 2.29. The molecule has 0 radical (unpaired) electrons. The zero-order chi connectivity index (χ0) is 20.2. The molecule has 3 heterocycles. The zero-order valence-corrected chi connectivity index (χ0v) is 17.0. The van der Waals surface area contributed by atoms with Crippen molar-refractivity contribution in [2.45, 2.75) is 44.8 Å². The van der Waals surface area contributed by atoms with Crippen LogP contribution in [-0.2, 0) is 11.2 Å². The van der Waals surface area contributed by atoms with Crippen LogP contribution in [0.1, 0.15) is 43.2 Å². The summed E-state index contributed by atoms with van der Waals surface area (Å²) >= 11 is 0. The molecule has 2 unspecified atom stereocenters. The number of anilines is 2. The number of hydrogen-bond donors (Lipinski definition) is 1. The second kappa shape index (κ2) is 8.91. The molecule has 0 saturated carbocycles. The van der Waals surface area contributed by atoms with Gasteiger partial charge in [0.05, 0.1) is 5.92 Å². The van der Waals surface area contributed by atoms with E-state index in [0.717, 1.165) is 68.1 Å². The number of aryl methyl sites for hydroxylation is 1. The van der Waals surface area contributed by atoms with Crippen molar-refractivity contribution in [1.29, 1.82) is 0 Å².